The molecule has 5 rings (SSSR count). The summed E-state index contributed by atoms with van der Waals surface area (Å²) < 4.78 is 5.14. The summed E-state index contributed by atoms with van der Waals surface area (Å²) in [7, 11) is 1.57. The van der Waals surface area contributed by atoms with E-state index in [0.29, 0.717) is 34.7 Å². The van der Waals surface area contributed by atoms with Crippen LogP contribution in [0.2, 0.25) is 0 Å². The first kappa shape index (κ1) is 20.6. The van der Waals surface area contributed by atoms with Crippen LogP contribution >= 0.6 is 0 Å². The monoisotopic (exact) mass is 434 g/mol. The van der Waals surface area contributed by atoms with E-state index in [1.807, 2.05) is 72.8 Å². The number of benzene rings is 3. The molecule has 0 bridgehead atoms. The maximum absolute atomic E-state index is 11.2. The van der Waals surface area contributed by atoms with Crippen LogP contribution in [0.1, 0.15) is 5.56 Å². The molecule has 3 N–H and O–H groups in total. The highest BCUT2D eigenvalue weighted by Gasteiger charge is 2.17. The third-order valence-electron chi connectivity index (χ3n) is 5.58. The second-order valence-electron chi connectivity index (χ2n) is 7.61. The summed E-state index contributed by atoms with van der Waals surface area (Å²) >= 11 is 0. The Hall–Kier alpha value is -4.29. The Labute approximate surface area is 191 Å². The maximum Gasteiger partial charge on any atom is 0.212 e. The van der Waals surface area contributed by atoms with E-state index in [9.17, 15) is 5.11 Å². The molecule has 0 spiro atoms. The number of fused-ring (bicyclic) bond motifs is 1. The maximum atomic E-state index is 11.2. The number of methoxy groups -OCH3 is 1. The van der Waals surface area contributed by atoms with E-state index in [4.69, 9.17) is 20.4 Å². The number of phenols is 1. The third kappa shape index (κ3) is 3.88. The Morgan fingerprint density at radius 2 is 1.48 bits per heavy atom. The smallest absolute Gasteiger partial charge is 0.212 e. The largest absolute Gasteiger partial charge is 0.505 e. The van der Waals surface area contributed by atoms with Crippen LogP contribution in [0.15, 0.2) is 85.1 Å². The second-order valence-corrected chi connectivity index (χ2v) is 7.61. The van der Waals surface area contributed by atoms with Gasteiger partial charge in [-0.3, -0.25) is 0 Å². The Bertz CT molecular complexity index is 1420. The van der Waals surface area contributed by atoms with Crippen molar-refractivity contribution in [2.24, 2.45) is 5.73 Å². The van der Waals surface area contributed by atoms with E-state index in [1.165, 1.54) is 0 Å². The summed E-state index contributed by atoms with van der Waals surface area (Å²) in [6.45, 7) is 0.478. The van der Waals surface area contributed by atoms with Crippen LogP contribution in [-0.2, 0) is 6.54 Å². The van der Waals surface area contributed by atoms with Crippen LogP contribution in [-0.4, -0.2) is 27.2 Å². The van der Waals surface area contributed by atoms with Gasteiger partial charge in [-0.15, -0.1) is 0 Å². The average molecular weight is 434 g/mol. The fourth-order valence-electron chi connectivity index (χ4n) is 3.80. The first-order valence-electron chi connectivity index (χ1n) is 10.6. The molecule has 0 aliphatic carbocycles. The predicted molar refractivity (Wildman–Crippen MR) is 130 cm³/mol. The van der Waals surface area contributed by atoms with Gasteiger partial charge in [-0.25, -0.2) is 15.0 Å². The van der Waals surface area contributed by atoms with E-state index in [2.05, 4.69) is 4.98 Å². The zero-order valence-electron chi connectivity index (χ0n) is 18.1. The molecule has 6 nitrogen and oxygen atoms in total. The van der Waals surface area contributed by atoms with Gasteiger partial charge in [0.25, 0.3) is 0 Å². The molecule has 0 amide bonds. The predicted octanol–water partition coefficient (Wildman–Crippen LogP) is 5.20. The van der Waals surface area contributed by atoms with Crippen LogP contribution in [0, 0.1) is 0 Å². The van der Waals surface area contributed by atoms with Gasteiger partial charge < -0.3 is 15.6 Å². The Kier molecular flexibility index (Phi) is 5.42. The van der Waals surface area contributed by atoms with Gasteiger partial charge in [0.1, 0.15) is 5.52 Å². The molecule has 0 aliphatic heterocycles. The molecular weight excluding hydrogens is 412 g/mol. The van der Waals surface area contributed by atoms with Gasteiger partial charge in [-0.2, -0.15) is 0 Å². The van der Waals surface area contributed by atoms with Gasteiger partial charge in [0.15, 0.2) is 5.75 Å². The first-order valence-corrected chi connectivity index (χ1v) is 10.6. The summed E-state index contributed by atoms with van der Waals surface area (Å²) in [6.07, 6.45) is 1.67. The van der Waals surface area contributed by atoms with Crippen molar-refractivity contribution >= 4 is 11.0 Å². The number of aromatic hydroxyl groups is 1. The van der Waals surface area contributed by atoms with Gasteiger partial charge >= 0.3 is 0 Å². The zero-order valence-corrected chi connectivity index (χ0v) is 18.1. The number of phenolic OH excluding ortho intramolecular Hbond substituents is 1. The standard InChI is InChI=1S/C27H22N4O2/c1-33-23-14-11-20(16-29-23)21-12-13-22-26(27(21)32)31-25(18-5-3-2-4-6-18)24(30-22)19-9-7-17(15-28)8-10-19/h2-14,16,32H,15,28H2,1H3. The molecule has 2 heterocycles. The molecule has 5 aromatic rings. The van der Waals surface area contributed by atoms with Crippen molar-refractivity contribution in [3.05, 3.63) is 90.6 Å². The Morgan fingerprint density at radius 3 is 2.15 bits per heavy atom. The van der Waals surface area contributed by atoms with Crippen LogP contribution in [0.3, 0.4) is 0 Å². The van der Waals surface area contributed by atoms with Crippen molar-refractivity contribution in [3.8, 4) is 45.3 Å². The molecule has 0 saturated carbocycles. The van der Waals surface area contributed by atoms with Crippen LogP contribution in [0.4, 0.5) is 0 Å². The summed E-state index contributed by atoms with van der Waals surface area (Å²) in [5, 5.41) is 11.2. The van der Waals surface area contributed by atoms with Crippen molar-refractivity contribution in [3.63, 3.8) is 0 Å². The summed E-state index contributed by atoms with van der Waals surface area (Å²) in [4.78, 5) is 14.1. The summed E-state index contributed by atoms with van der Waals surface area (Å²) in [6, 6.07) is 25.2. The van der Waals surface area contributed by atoms with Gasteiger partial charge in [-0.05, 0) is 23.8 Å². The highest BCUT2D eigenvalue weighted by Crippen LogP contribution is 2.38. The van der Waals surface area contributed by atoms with Crippen molar-refractivity contribution in [1.82, 2.24) is 15.0 Å². The number of hydrogen-bond acceptors (Lipinski definition) is 6. The minimum absolute atomic E-state index is 0.0641. The Balaban J connectivity index is 1.72. The molecule has 0 unspecified atom stereocenters. The zero-order chi connectivity index (χ0) is 22.8. The number of nitrogens with two attached hydrogens (primary N) is 1. The van der Waals surface area contributed by atoms with Crippen LogP contribution < -0.4 is 10.5 Å². The van der Waals surface area contributed by atoms with Crippen LogP contribution in [0.25, 0.3) is 44.7 Å². The average Bonchev–Trinajstić information content (AvgIpc) is 2.89. The lowest BCUT2D eigenvalue weighted by Gasteiger charge is -2.13. The van der Waals surface area contributed by atoms with Crippen molar-refractivity contribution in [2.75, 3.05) is 7.11 Å². The summed E-state index contributed by atoms with van der Waals surface area (Å²) in [5.74, 6) is 0.574. The molecule has 6 heteroatoms. The molecule has 33 heavy (non-hydrogen) atoms. The van der Waals surface area contributed by atoms with Gasteiger partial charge in [-0.1, -0.05) is 54.6 Å². The van der Waals surface area contributed by atoms with E-state index < -0.39 is 0 Å². The molecule has 0 aliphatic rings. The first-order chi connectivity index (χ1) is 16.2. The second kappa shape index (κ2) is 8.68. The lowest BCUT2D eigenvalue weighted by atomic mass is 10.0. The van der Waals surface area contributed by atoms with E-state index in [-0.39, 0.29) is 5.75 Å². The minimum Gasteiger partial charge on any atom is -0.505 e. The number of hydrogen-bond donors (Lipinski definition) is 2. The van der Waals surface area contributed by atoms with Gasteiger partial charge in [0.05, 0.1) is 24.0 Å². The molecule has 0 atom stereocenters. The molecular formula is C27H22N4O2. The summed E-state index contributed by atoms with van der Waals surface area (Å²) in [5.41, 5.74) is 12.5. The lowest BCUT2D eigenvalue weighted by Crippen LogP contribution is -1.98. The Morgan fingerprint density at radius 1 is 0.788 bits per heavy atom. The highest BCUT2D eigenvalue weighted by molar-refractivity contribution is 5.93. The van der Waals surface area contributed by atoms with Crippen molar-refractivity contribution < 1.29 is 9.84 Å². The number of ether oxygens (including phenoxy) is 1. The number of pyridine rings is 1. The minimum atomic E-state index is 0.0641. The molecule has 2 aromatic heterocycles. The lowest BCUT2D eigenvalue weighted by molar-refractivity contribution is 0.398. The molecule has 0 saturated heterocycles. The third-order valence-corrected chi connectivity index (χ3v) is 5.58. The molecule has 0 fully saturated rings. The fraction of sp³-hybridized carbons (Fsp3) is 0.0741. The highest BCUT2D eigenvalue weighted by atomic mass is 16.5. The van der Waals surface area contributed by atoms with Gasteiger partial charge in [0.2, 0.25) is 5.88 Å². The normalized spacial score (nSPS) is 11.0. The SMILES string of the molecule is COc1ccc(-c2ccc3nc(-c4ccc(CN)cc4)c(-c4ccccc4)nc3c2O)cn1. The van der Waals surface area contributed by atoms with Crippen LogP contribution in [0.5, 0.6) is 11.6 Å². The topological polar surface area (TPSA) is 94.2 Å². The number of rotatable bonds is 5. The van der Waals surface area contributed by atoms with E-state index >= 15 is 0 Å². The van der Waals surface area contributed by atoms with Crippen molar-refractivity contribution in [1.29, 1.82) is 0 Å². The van der Waals surface area contributed by atoms with Gasteiger partial charge in [0, 0.05) is 41.1 Å². The quantitative estimate of drug-likeness (QED) is 0.395. The van der Waals surface area contributed by atoms with E-state index in [1.54, 1.807) is 19.4 Å². The number of aromatic nitrogens is 3. The number of nitrogens with zero attached hydrogens (tertiary/aromatic N) is 3. The van der Waals surface area contributed by atoms with Crippen molar-refractivity contribution in [2.45, 2.75) is 6.54 Å². The molecule has 162 valence electrons. The molecule has 0 radical (unpaired) electrons. The fourth-order valence-corrected chi connectivity index (χ4v) is 3.80. The molecule has 3 aromatic carbocycles. The van der Waals surface area contributed by atoms with E-state index in [0.717, 1.165) is 27.9 Å².